The highest BCUT2D eigenvalue weighted by Gasteiger charge is 2.28. The van der Waals surface area contributed by atoms with Gasteiger partial charge in [0, 0.05) is 10.3 Å². The molecule has 0 unspecified atom stereocenters. The summed E-state index contributed by atoms with van der Waals surface area (Å²) in [5, 5.41) is 0. The fraction of sp³-hybridized carbons (Fsp3) is 0.250. The van der Waals surface area contributed by atoms with Crippen molar-refractivity contribution in [3.63, 3.8) is 0 Å². The standard InChI is InChI=1S/C12H12S/c1-12(2)10-6-4-3-5-9(10)7-8-11(12)13/h3-8H,1-2H3. The summed E-state index contributed by atoms with van der Waals surface area (Å²) < 4.78 is 0. The molecule has 66 valence electrons. The first-order valence-electron chi connectivity index (χ1n) is 4.44. The molecule has 1 aliphatic carbocycles. The zero-order valence-electron chi connectivity index (χ0n) is 7.87. The minimum Gasteiger partial charge on any atom is -0.0840 e. The summed E-state index contributed by atoms with van der Waals surface area (Å²) in [5.74, 6) is 0. The molecular weight excluding hydrogens is 176 g/mol. The summed E-state index contributed by atoms with van der Waals surface area (Å²) in [6, 6.07) is 8.43. The van der Waals surface area contributed by atoms with Crippen LogP contribution in [0.3, 0.4) is 0 Å². The molecule has 0 N–H and O–H groups in total. The van der Waals surface area contributed by atoms with Gasteiger partial charge in [-0.15, -0.1) is 0 Å². The van der Waals surface area contributed by atoms with Crippen LogP contribution in [0.5, 0.6) is 0 Å². The number of hydrogen-bond donors (Lipinski definition) is 0. The number of thiocarbonyl (C=S) groups is 1. The minimum atomic E-state index is 0.0146. The van der Waals surface area contributed by atoms with Crippen LogP contribution in [0.2, 0.25) is 0 Å². The van der Waals surface area contributed by atoms with E-state index in [2.05, 4.69) is 44.2 Å². The van der Waals surface area contributed by atoms with Crippen molar-refractivity contribution >= 4 is 23.2 Å². The van der Waals surface area contributed by atoms with E-state index in [4.69, 9.17) is 12.2 Å². The predicted molar refractivity (Wildman–Crippen MR) is 61.1 cm³/mol. The highest BCUT2D eigenvalue weighted by Crippen LogP contribution is 2.33. The van der Waals surface area contributed by atoms with Gasteiger partial charge in [0.2, 0.25) is 0 Å². The third-order valence-electron chi connectivity index (χ3n) is 2.66. The van der Waals surface area contributed by atoms with Gasteiger partial charge in [-0.25, -0.2) is 0 Å². The van der Waals surface area contributed by atoms with Crippen molar-refractivity contribution < 1.29 is 0 Å². The van der Waals surface area contributed by atoms with Crippen LogP contribution in [-0.2, 0) is 5.41 Å². The molecule has 0 saturated carbocycles. The van der Waals surface area contributed by atoms with E-state index in [1.807, 2.05) is 6.08 Å². The van der Waals surface area contributed by atoms with E-state index in [-0.39, 0.29) is 5.41 Å². The second-order valence-corrected chi connectivity index (χ2v) is 4.35. The topological polar surface area (TPSA) is 0 Å². The van der Waals surface area contributed by atoms with Gasteiger partial charge in [-0.1, -0.05) is 56.4 Å². The smallest absolute Gasteiger partial charge is 0.0254 e. The third kappa shape index (κ3) is 1.24. The fourth-order valence-electron chi connectivity index (χ4n) is 1.72. The average Bonchev–Trinajstić information content (AvgIpc) is 2.13. The molecule has 0 radical (unpaired) electrons. The van der Waals surface area contributed by atoms with E-state index in [1.54, 1.807) is 0 Å². The van der Waals surface area contributed by atoms with Gasteiger partial charge in [0.1, 0.15) is 0 Å². The van der Waals surface area contributed by atoms with Crippen LogP contribution >= 0.6 is 12.2 Å². The molecule has 1 aromatic rings. The summed E-state index contributed by atoms with van der Waals surface area (Å²) in [4.78, 5) is 1.02. The minimum absolute atomic E-state index is 0.0146. The van der Waals surface area contributed by atoms with Gasteiger partial charge in [-0.3, -0.25) is 0 Å². The van der Waals surface area contributed by atoms with Gasteiger partial charge < -0.3 is 0 Å². The summed E-state index contributed by atoms with van der Waals surface area (Å²) in [5.41, 5.74) is 2.64. The van der Waals surface area contributed by atoms with E-state index in [0.29, 0.717) is 0 Å². The van der Waals surface area contributed by atoms with E-state index >= 15 is 0 Å². The number of hydrogen-bond acceptors (Lipinski definition) is 1. The average molecular weight is 188 g/mol. The molecular formula is C12H12S. The zero-order chi connectivity index (χ0) is 9.47. The zero-order valence-corrected chi connectivity index (χ0v) is 8.69. The van der Waals surface area contributed by atoms with E-state index < -0.39 is 0 Å². The maximum absolute atomic E-state index is 5.33. The van der Waals surface area contributed by atoms with Crippen molar-refractivity contribution in [3.05, 3.63) is 41.5 Å². The molecule has 1 aliphatic rings. The predicted octanol–water partition coefficient (Wildman–Crippen LogP) is 3.36. The van der Waals surface area contributed by atoms with Gasteiger partial charge in [0.15, 0.2) is 0 Å². The number of rotatable bonds is 0. The Bertz CT molecular complexity index is 386. The van der Waals surface area contributed by atoms with Crippen LogP contribution in [0.25, 0.3) is 6.08 Å². The molecule has 0 aromatic heterocycles. The van der Waals surface area contributed by atoms with Crippen molar-refractivity contribution in [1.82, 2.24) is 0 Å². The Labute approximate surface area is 84.3 Å². The molecule has 0 saturated heterocycles. The molecule has 0 atom stereocenters. The Morgan fingerprint density at radius 3 is 2.54 bits per heavy atom. The lowest BCUT2D eigenvalue weighted by Crippen LogP contribution is -2.28. The van der Waals surface area contributed by atoms with Crippen LogP contribution < -0.4 is 0 Å². The lowest BCUT2D eigenvalue weighted by Gasteiger charge is -2.29. The van der Waals surface area contributed by atoms with Gasteiger partial charge in [-0.2, -0.15) is 0 Å². The first-order chi connectivity index (χ1) is 6.12. The van der Waals surface area contributed by atoms with Crippen molar-refractivity contribution in [2.24, 2.45) is 0 Å². The Kier molecular flexibility index (Phi) is 1.85. The quantitative estimate of drug-likeness (QED) is 0.562. The van der Waals surface area contributed by atoms with Crippen molar-refractivity contribution in [2.75, 3.05) is 0 Å². The highest BCUT2D eigenvalue weighted by atomic mass is 32.1. The summed E-state index contributed by atoms with van der Waals surface area (Å²) in [6.45, 7) is 4.36. The van der Waals surface area contributed by atoms with E-state index in [1.165, 1.54) is 11.1 Å². The van der Waals surface area contributed by atoms with Crippen LogP contribution in [0.15, 0.2) is 30.3 Å². The molecule has 0 aliphatic heterocycles. The summed E-state index contributed by atoms with van der Waals surface area (Å²) >= 11 is 5.33. The normalized spacial score (nSPS) is 18.5. The number of allylic oxidation sites excluding steroid dienone is 1. The molecule has 1 aromatic carbocycles. The van der Waals surface area contributed by atoms with Gasteiger partial charge >= 0.3 is 0 Å². The van der Waals surface area contributed by atoms with Crippen LogP contribution in [0.1, 0.15) is 25.0 Å². The molecule has 0 bridgehead atoms. The monoisotopic (exact) mass is 188 g/mol. The van der Waals surface area contributed by atoms with Crippen LogP contribution in [0.4, 0.5) is 0 Å². The van der Waals surface area contributed by atoms with Crippen molar-refractivity contribution in [3.8, 4) is 0 Å². The molecule has 1 heteroatoms. The fourth-order valence-corrected chi connectivity index (χ4v) is 1.90. The molecule has 0 spiro atoms. The Balaban J connectivity index is 2.68. The second-order valence-electron chi connectivity index (χ2n) is 3.91. The maximum atomic E-state index is 5.33. The van der Waals surface area contributed by atoms with Crippen LogP contribution in [0, 0.1) is 0 Å². The SMILES string of the molecule is CC1(C)C(=S)C=Cc2ccccc21. The van der Waals surface area contributed by atoms with Crippen LogP contribution in [-0.4, -0.2) is 4.86 Å². The molecule has 13 heavy (non-hydrogen) atoms. The molecule has 0 heterocycles. The van der Waals surface area contributed by atoms with E-state index in [9.17, 15) is 0 Å². The number of benzene rings is 1. The molecule has 0 amide bonds. The Hall–Kier alpha value is -0.950. The highest BCUT2D eigenvalue weighted by molar-refractivity contribution is 7.81. The Morgan fingerprint density at radius 2 is 1.77 bits per heavy atom. The number of fused-ring (bicyclic) bond motifs is 1. The summed E-state index contributed by atoms with van der Waals surface area (Å²) in [6.07, 6.45) is 4.14. The molecule has 2 rings (SSSR count). The first kappa shape index (κ1) is 8.64. The maximum Gasteiger partial charge on any atom is 0.0254 e. The van der Waals surface area contributed by atoms with Gasteiger partial charge in [-0.05, 0) is 17.2 Å². The lowest BCUT2D eigenvalue weighted by atomic mass is 9.76. The van der Waals surface area contributed by atoms with Gasteiger partial charge in [0.25, 0.3) is 0 Å². The third-order valence-corrected chi connectivity index (χ3v) is 3.31. The van der Waals surface area contributed by atoms with E-state index in [0.717, 1.165) is 4.86 Å². The lowest BCUT2D eigenvalue weighted by molar-refractivity contribution is 0.727. The van der Waals surface area contributed by atoms with Gasteiger partial charge in [0.05, 0.1) is 0 Å². The molecule has 0 nitrogen and oxygen atoms in total. The summed E-state index contributed by atoms with van der Waals surface area (Å²) in [7, 11) is 0. The van der Waals surface area contributed by atoms with Crippen molar-refractivity contribution in [2.45, 2.75) is 19.3 Å². The second kappa shape index (κ2) is 2.78. The van der Waals surface area contributed by atoms with Crippen molar-refractivity contribution in [1.29, 1.82) is 0 Å². The first-order valence-corrected chi connectivity index (χ1v) is 4.85. The Morgan fingerprint density at radius 1 is 1.08 bits per heavy atom. The molecule has 0 fully saturated rings. The largest absolute Gasteiger partial charge is 0.0840 e.